The number of rotatable bonds is 1. The summed E-state index contributed by atoms with van der Waals surface area (Å²) in [6, 6.07) is 6.24. The van der Waals surface area contributed by atoms with E-state index >= 15 is 0 Å². The average molecular weight is 294 g/mol. The molecule has 13 heavy (non-hydrogen) atoms. The first-order valence-electron chi connectivity index (χ1n) is 3.63. The molecule has 68 valence electrons. The summed E-state index contributed by atoms with van der Waals surface area (Å²) in [5.41, 5.74) is 0. The summed E-state index contributed by atoms with van der Waals surface area (Å²) in [5.74, 6) is 0. The van der Waals surface area contributed by atoms with Gasteiger partial charge in [0.15, 0.2) is 0 Å². The Morgan fingerprint density at radius 2 is 2.15 bits per heavy atom. The Labute approximate surface area is 98.4 Å². The number of fused-ring (bicyclic) bond motifs is 1. The number of hydrogen-bond acceptors (Lipinski definition) is 2. The van der Waals surface area contributed by atoms with Gasteiger partial charge in [-0.3, -0.25) is 0 Å². The zero-order chi connectivity index (χ0) is 9.42. The molecule has 1 aromatic heterocycles. The smallest absolute Gasteiger partial charge is 0.0711 e. The molecule has 2 rings (SSSR count). The van der Waals surface area contributed by atoms with Crippen LogP contribution in [0.4, 0.5) is 0 Å². The van der Waals surface area contributed by atoms with Crippen molar-refractivity contribution in [2.75, 3.05) is 6.26 Å². The molecular formula is C9H6BrClS2. The minimum absolute atomic E-state index is 0.837. The first-order valence-corrected chi connectivity index (χ1v) is 6.84. The van der Waals surface area contributed by atoms with Crippen LogP contribution < -0.4 is 0 Å². The summed E-state index contributed by atoms with van der Waals surface area (Å²) in [7, 11) is 0. The van der Waals surface area contributed by atoms with Crippen molar-refractivity contribution in [2.45, 2.75) is 4.90 Å². The highest BCUT2D eigenvalue weighted by Gasteiger charge is 2.05. The SMILES string of the molecule is CSc1cc(Cl)c2cc(Br)sc2c1. The first-order chi connectivity index (χ1) is 6.20. The minimum atomic E-state index is 0.837. The van der Waals surface area contributed by atoms with Gasteiger partial charge in [0.25, 0.3) is 0 Å². The molecule has 0 atom stereocenters. The maximum atomic E-state index is 6.13. The summed E-state index contributed by atoms with van der Waals surface area (Å²) >= 11 is 13.0. The highest BCUT2D eigenvalue weighted by atomic mass is 79.9. The van der Waals surface area contributed by atoms with E-state index in [0.717, 1.165) is 14.2 Å². The van der Waals surface area contributed by atoms with E-state index < -0.39 is 0 Å². The second kappa shape index (κ2) is 3.81. The van der Waals surface area contributed by atoms with Crippen LogP contribution in [0.3, 0.4) is 0 Å². The van der Waals surface area contributed by atoms with E-state index in [1.807, 2.05) is 6.07 Å². The molecular weight excluding hydrogens is 288 g/mol. The van der Waals surface area contributed by atoms with Crippen LogP contribution in [-0.4, -0.2) is 6.26 Å². The maximum Gasteiger partial charge on any atom is 0.0711 e. The fourth-order valence-corrected chi connectivity index (χ4v) is 3.70. The Morgan fingerprint density at radius 3 is 2.85 bits per heavy atom. The normalized spacial score (nSPS) is 11.0. The predicted octanol–water partition coefficient (Wildman–Crippen LogP) is 5.04. The highest BCUT2D eigenvalue weighted by Crippen LogP contribution is 2.36. The second-order valence-corrected chi connectivity index (χ2v) is 6.32. The average Bonchev–Trinajstić information content (AvgIpc) is 2.46. The Morgan fingerprint density at radius 1 is 1.38 bits per heavy atom. The van der Waals surface area contributed by atoms with Gasteiger partial charge in [-0.25, -0.2) is 0 Å². The van der Waals surface area contributed by atoms with E-state index in [1.165, 1.54) is 9.60 Å². The molecule has 0 saturated heterocycles. The van der Waals surface area contributed by atoms with Crippen LogP contribution in [0.15, 0.2) is 26.9 Å². The van der Waals surface area contributed by atoms with E-state index in [4.69, 9.17) is 11.6 Å². The molecule has 0 bridgehead atoms. The first kappa shape index (κ1) is 9.84. The number of benzene rings is 1. The van der Waals surface area contributed by atoms with Gasteiger partial charge in [0.2, 0.25) is 0 Å². The fourth-order valence-electron chi connectivity index (χ4n) is 1.16. The van der Waals surface area contributed by atoms with E-state index in [2.05, 4.69) is 34.3 Å². The molecule has 1 heterocycles. The number of halogens is 2. The van der Waals surface area contributed by atoms with Gasteiger partial charge in [0, 0.05) is 15.0 Å². The molecule has 0 spiro atoms. The van der Waals surface area contributed by atoms with Crippen molar-refractivity contribution in [2.24, 2.45) is 0 Å². The molecule has 0 aliphatic carbocycles. The van der Waals surface area contributed by atoms with Crippen molar-refractivity contribution in [3.05, 3.63) is 27.0 Å². The van der Waals surface area contributed by atoms with Crippen LogP contribution in [0.25, 0.3) is 10.1 Å². The van der Waals surface area contributed by atoms with Gasteiger partial charge in [0.05, 0.1) is 8.81 Å². The van der Waals surface area contributed by atoms with Crippen molar-refractivity contribution in [3.8, 4) is 0 Å². The summed E-state index contributed by atoms with van der Waals surface area (Å²) < 4.78 is 2.37. The number of thioether (sulfide) groups is 1. The van der Waals surface area contributed by atoms with Gasteiger partial charge >= 0.3 is 0 Å². The minimum Gasteiger partial charge on any atom is -0.129 e. The molecule has 0 nitrogen and oxygen atoms in total. The molecule has 0 aliphatic rings. The zero-order valence-corrected chi connectivity index (χ0v) is 10.8. The summed E-state index contributed by atoms with van der Waals surface area (Å²) in [4.78, 5) is 1.21. The standard InChI is InChI=1S/C9H6BrClS2/c1-12-5-2-7(11)6-4-9(10)13-8(6)3-5/h2-4H,1H3. The van der Waals surface area contributed by atoms with Gasteiger partial charge in [-0.1, -0.05) is 11.6 Å². The van der Waals surface area contributed by atoms with E-state index in [9.17, 15) is 0 Å². The summed E-state index contributed by atoms with van der Waals surface area (Å²) in [5, 5.41) is 1.97. The van der Waals surface area contributed by atoms with Crippen LogP contribution in [-0.2, 0) is 0 Å². The number of hydrogen-bond donors (Lipinski definition) is 0. The second-order valence-electron chi connectivity index (χ2n) is 2.57. The van der Waals surface area contributed by atoms with Gasteiger partial charge in [-0.15, -0.1) is 23.1 Å². The Balaban J connectivity index is 2.75. The van der Waals surface area contributed by atoms with Gasteiger partial charge in [0.1, 0.15) is 0 Å². The van der Waals surface area contributed by atoms with Crippen molar-refractivity contribution < 1.29 is 0 Å². The van der Waals surface area contributed by atoms with Crippen LogP contribution in [0.1, 0.15) is 0 Å². The van der Waals surface area contributed by atoms with Crippen LogP contribution in [0.5, 0.6) is 0 Å². The Kier molecular flexibility index (Phi) is 2.88. The molecule has 0 amide bonds. The lowest BCUT2D eigenvalue weighted by molar-refractivity contribution is 1.53. The number of thiophene rings is 1. The maximum absolute atomic E-state index is 6.13. The monoisotopic (exact) mass is 292 g/mol. The van der Waals surface area contributed by atoms with Crippen LogP contribution >= 0.6 is 50.6 Å². The lowest BCUT2D eigenvalue weighted by Gasteiger charge is -1.98. The van der Waals surface area contributed by atoms with Crippen molar-refractivity contribution in [3.63, 3.8) is 0 Å². The molecule has 0 fully saturated rings. The molecule has 1 aromatic carbocycles. The van der Waals surface area contributed by atoms with E-state index in [0.29, 0.717) is 0 Å². The lowest BCUT2D eigenvalue weighted by atomic mass is 10.3. The van der Waals surface area contributed by atoms with Crippen LogP contribution in [0, 0.1) is 0 Å². The van der Waals surface area contributed by atoms with Crippen molar-refractivity contribution in [1.29, 1.82) is 0 Å². The molecule has 4 heteroatoms. The third-order valence-electron chi connectivity index (χ3n) is 1.77. The van der Waals surface area contributed by atoms with Crippen LogP contribution in [0.2, 0.25) is 5.02 Å². The van der Waals surface area contributed by atoms with Crippen molar-refractivity contribution in [1.82, 2.24) is 0 Å². The molecule has 2 aromatic rings. The van der Waals surface area contributed by atoms with Gasteiger partial charge < -0.3 is 0 Å². The predicted molar refractivity (Wildman–Crippen MR) is 66.3 cm³/mol. The van der Waals surface area contributed by atoms with E-state index in [-0.39, 0.29) is 0 Å². The molecule has 0 radical (unpaired) electrons. The lowest BCUT2D eigenvalue weighted by Crippen LogP contribution is -1.70. The molecule has 0 saturated carbocycles. The third kappa shape index (κ3) is 1.89. The molecule has 0 N–H and O–H groups in total. The third-order valence-corrected chi connectivity index (χ3v) is 4.37. The Bertz CT molecular complexity index is 450. The summed E-state index contributed by atoms with van der Waals surface area (Å²) in [6.07, 6.45) is 2.06. The van der Waals surface area contributed by atoms with Gasteiger partial charge in [-0.05, 0) is 40.4 Å². The quantitative estimate of drug-likeness (QED) is 0.664. The zero-order valence-electron chi connectivity index (χ0n) is 6.80. The molecule has 0 aliphatic heterocycles. The van der Waals surface area contributed by atoms with E-state index in [1.54, 1.807) is 23.1 Å². The molecule has 0 unspecified atom stereocenters. The fraction of sp³-hybridized carbons (Fsp3) is 0.111. The van der Waals surface area contributed by atoms with Crippen molar-refractivity contribution >= 4 is 60.7 Å². The Hall–Kier alpha value is 0.300. The largest absolute Gasteiger partial charge is 0.129 e. The topological polar surface area (TPSA) is 0 Å². The van der Waals surface area contributed by atoms with Gasteiger partial charge in [-0.2, -0.15) is 0 Å². The summed E-state index contributed by atoms with van der Waals surface area (Å²) in [6.45, 7) is 0. The highest BCUT2D eigenvalue weighted by molar-refractivity contribution is 9.11.